The van der Waals surface area contributed by atoms with Crippen LogP contribution < -0.4 is 0 Å². The summed E-state index contributed by atoms with van der Waals surface area (Å²) in [5.74, 6) is 0. The maximum Gasteiger partial charge on any atom is 0.137 e. The first-order valence-electron chi connectivity index (χ1n) is 4.64. The molecule has 0 bridgehead atoms. The second-order valence-electron chi connectivity index (χ2n) is 3.35. The summed E-state index contributed by atoms with van der Waals surface area (Å²) in [7, 11) is 0. The third-order valence-electron chi connectivity index (χ3n) is 2.50. The summed E-state index contributed by atoms with van der Waals surface area (Å²) in [4.78, 5) is 7.41. The molecule has 1 aliphatic rings. The number of nitrogens with one attached hydrogen (secondary N) is 1. The summed E-state index contributed by atoms with van der Waals surface area (Å²) in [6.45, 7) is 1.43. The van der Waals surface area contributed by atoms with Crippen LogP contribution in [0.1, 0.15) is 5.56 Å². The molecule has 0 fully saturated rings. The van der Waals surface area contributed by atoms with Crippen molar-refractivity contribution in [3.05, 3.63) is 36.2 Å². The van der Waals surface area contributed by atoms with Gasteiger partial charge in [-0.05, 0) is 17.7 Å². The van der Waals surface area contributed by atoms with E-state index in [0.717, 1.165) is 12.3 Å². The highest BCUT2D eigenvalue weighted by atomic mass is 16.5. The van der Waals surface area contributed by atoms with Gasteiger partial charge in [0.1, 0.15) is 5.65 Å². The van der Waals surface area contributed by atoms with Crippen molar-refractivity contribution >= 4 is 16.6 Å². The van der Waals surface area contributed by atoms with E-state index in [1.165, 1.54) is 16.5 Å². The number of rotatable bonds is 1. The summed E-state index contributed by atoms with van der Waals surface area (Å²) < 4.78 is 5.30. The fourth-order valence-corrected chi connectivity index (χ4v) is 1.80. The zero-order valence-electron chi connectivity index (χ0n) is 7.66. The smallest absolute Gasteiger partial charge is 0.137 e. The average Bonchev–Trinajstić information content (AvgIpc) is 2.85. The first-order chi connectivity index (χ1) is 6.95. The number of H-pyrrole nitrogens is 1. The Morgan fingerprint density at radius 2 is 2.43 bits per heavy atom. The summed E-state index contributed by atoms with van der Waals surface area (Å²) in [6, 6.07) is 4.03. The molecule has 0 atom stereocenters. The minimum absolute atomic E-state index is 0.710. The van der Waals surface area contributed by atoms with E-state index >= 15 is 0 Å². The van der Waals surface area contributed by atoms with Crippen LogP contribution in [0.4, 0.5) is 0 Å². The molecule has 0 aliphatic carbocycles. The van der Waals surface area contributed by atoms with Crippen LogP contribution in [0.2, 0.25) is 0 Å². The van der Waals surface area contributed by atoms with E-state index in [1.807, 2.05) is 12.3 Å². The van der Waals surface area contributed by atoms with Crippen molar-refractivity contribution in [2.45, 2.75) is 0 Å². The predicted molar refractivity (Wildman–Crippen MR) is 54.9 cm³/mol. The number of aromatic amines is 1. The van der Waals surface area contributed by atoms with Crippen molar-refractivity contribution in [3.63, 3.8) is 0 Å². The van der Waals surface area contributed by atoms with Gasteiger partial charge in [0.05, 0.1) is 13.2 Å². The molecule has 70 valence electrons. The van der Waals surface area contributed by atoms with Crippen molar-refractivity contribution in [1.82, 2.24) is 9.97 Å². The Bertz CT molecular complexity index is 499. The Morgan fingerprint density at radius 3 is 3.29 bits per heavy atom. The highest BCUT2D eigenvalue weighted by molar-refractivity contribution is 5.91. The van der Waals surface area contributed by atoms with Gasteiger partial charge in [-0.25, -0.2) is 4.98 Å². The molecule has 0 spiro atoms. The topological polar surface area (TPSA) is 37.9 Å². The molecule has 3 heteroatoms. The third kappa shape index (κ3) is 1.06. The third-order valence-corrected chi connectivity index (χ3v) is 2.50. The molecule has 0 unspecified atom stereocenters. The van der Waals surface area contributed by atoms with E-state index in [2.05, 4.69) is 22.1 Å². The molecule has 0 saturated carbocycles. The van der Waals surface area contributed by atoms with E-state index in [9.17, 15) is 0 Å². The van der Waals surface area contributed by atoms with Crippen LogP contribution >= 0.6 is 0 Å². The monoisotopic (exact) mass is 186 g/mol. The molecular weight excluding hydrogens is 176 g/mol. The van der Waals surface area contributed by atoms with Crippen molar-refractivity contribution < 1.29 is 4.74 Å². The normalized spacial score (nSPS) is 16.1. The second-order valence-corrected chi connectivity index (χ2v) is 3.35. The van der Waals surface area contributed by atoms with Crippen LogP contribution in [-0.4, -0.2) is 23.2 Å². The minimum Gasteiger partial charge on any atom is -0.373 e. The molecule has 3 rings (SSSR count). The first kappa shape index (κ1) is 7.76. The van der Waals surface area contributed by atoms with Gasteiger partial charge in [0.25, 0.3) is 0 Å². The Morgan fingerprint density at radius 1 is 1.43 bits per heavy atom. The highest BCUT2D eigenvalue weighted by Gasteiger charge is 2.11. The largest absolute Gasteiger partial charge is 0.373 e. The molecule has 2 aromatic heterocycles. The molecule has 0 amide bonds. The van der Waals surface area contributed by atoms with Crippen LogP contribution in [0.3, 0.4) is 0 Å². The lowest BCUT2D eigenvalue weighted by Crippen LogP contribution is -1.86. The van der Waals surface area contributed by atoms with Crippen LogP contribution in [0.15, 0.2) is 30.6 Å². The van der Waals surface area contributed by atoms with Gasteiger partial charge in [-0.1, -0.05) is 6.08 Å². The maximum absolute atomic E-state index is 5.30. The molecule has 3 heterocycles. The van der Waals surface area contributed by atoms with Crippen molar-refractivity contribution in [2.24, 2.45) is 0 Å². The van der Waals surface area contributed by atoms with E-state index < -0.39 is 0 Å². The van der Waals surface area contributed by atoms with Gasteiger partial charge in [-0.15, -0.1) is 0 Å². The summed E-state index contributed by atoms with van der Waals surface area (Å²) in [5.41, 5.74) is 3.41. The number of fused-ring (bicyclic) bond motifs is 1. The first-order valence-corrected chi connectivity index (χ1v) is 4.64. The van der Waals surface area contributed by atoms with E-state index in [4.69, 9.17) is 4.74 Å². The number of hydrogen-bond acceptors (Lipinski definition) is 2. The molecule has 2 aromatic rings. The fourth-order valence-electron chi connectivity index (χ4n) is 1.80. The van der Waals surface area contributed by atoms with Crippen LogP contribution in [0, 0.1) is 0 Å². The van der Waals surface area contributed by atoms with Crippen LogP contribution in [0.25, 0.3) is 16.6 Å². The maximum atomic E-state index is 5.30. The van der Waals surface area contributed by atoms with Crippen molar-refractivity contribution in [2.75, 3.05) is 13.2 Å². The number of ether oxygens (including phenoxy) is 1. The van der Waals surface area contributed by atoms with Gasteiger partial charge in [0, 0.05) is 23.3 Å². The number of nitrogens with zero attached hydrogens (tertiary/aromatic N) is 1. The number of pyridine rings is 1. The molecular formula is C11H10N2O. The molecule has 0 aromatic carbocycles. The van der Waals surface area contributed by atoms with Crippen molar-refractivity contribution in [1.29, 1.82) is 0 Å². The summed E-state index contributed by atoms with van der Waals surface area (Å²) >= 11 is 0. The molecule has 0 saturated heterocycles. The van der Waals surface area contributed by atoms with Crippen LogP contribution in [-0.2, 0) is 4.74 Å². The lowest BCUT2D eigenvalue weighted by Gasteiger charge is -1.97. The molecule has 3 nitrogen and oxygen atoms in total. The Kier molecular flexibility index (Phi) is 1.64. The molecule has 1 N–H and O–H groups in total. The Balaban J connectivity index is 2.21. The highest BCUT2D eigenvalue weighted by Crippen LogP contribution is 2.25. The summed E-state index contributed by atoms with van der Waals surface area (Å²) in [6.07, 6.45) is 5.91. The van der Waals surface area contributed by atoms with E-state index in [1.54, 1.807) is 6.20 Å². The SMILES string of the molecule is C1=C(c2c[nH]c3ncccc23)COC1. The fraction of sp³-hybridized carbons (Fsp3) is 0.182. The van der Waals surface area contributed by atoms with E-state index in [-0.39, 0.29) is 0 Å². The Hall–Kier alpha value is -1.61. The average molecular weight is 186 g/mol. The predicted octanol–water partition coefficient (Wildman–Crippen LogP) is 1.98. The molecule has 1 aliphatic heterocycles. The summed E-state index contributed by atoms with van der Waals surface area (Å²) in [5, 5.41) is 1.17. The van der Waals surface area contributed by atoms with Gasteiger partial charge < -0.3 is 9.72 Å². The lowest BCUT2D eigenvalue weighted by molar-refractivity contribution is 0.216. The second kappa shape index (κ2) is 2.96. The standard InChI is InChI=1S/C11H10N2O/c1-2-9-10(8-3-5-14-7-8)6-13-11(9)12-4-1/h1-4,6H,5,7H2,(H,12,13). The molecule has 14 heavy (non-hydrogen) atoms. The minimum atomic E-state index is 0.710. The van der Waals surface area contributed by atoms with Gasteiger partial charge >= 0.3 is 0 Å². The zero-order chi connectivity index (χ0) is 9.38. The van der Waals surface area contributed by atoms with Gasteiger partial charge in [-0.2, -0.15) is 0 Å². The van der Waals surface area contributed by atoms with Crippen LogP contribution in [0.5, 0.6) is 0 Å². The van der Waals surface area contributed by atoms with E-state index in [0.29, 0.717) is 6.61 Å². The number of aromatic nitrogens is 2. The lowest BCUT2D eigenvalue weighted by atomic mass is 10.1. The Labute approximate surface area is 81.4 Å². The van der Waals surface area contributed by atoms with Gasteiger partial charge in [-0.3, -0.25) is 0 Å². The van der Waals surface area contributed by atoms with Crippen molar-refractivity contribution in [3.8, 4) is 0 Å². The number of hydrogen-bond donors (Lipinski definition) is 1. The van der Waals surface area contributed by atoms with Gasteiger partial charge in [0.15, 0.2) is 0 Å². The zero-order valence-corrected chi connectivity index (χ0v) is 7.66. The quantitative estimate of drug-likeness (QED) is 0.739. The molecule has 0 radical (unpaired) electrons. The van der Waals surface area contributed by atoms with Gasteiger partial charge in [0.2, 0.25) is 0 Å².